The number of hydrogen-bond acceptors (Lipinski definition) is 2. The number of unbranched alkanes of at least 4 members (excludes halogenated alkanes) is 4. The van der Waals surface area contributed by atoms with Gasteiger partial charge in [-0.2, -0.15) is 0 Å². The highest BCUT2D eigenvalue weighted by molar-refractivity contribution is 5.96. The second kappa shape index (κ2) is 13.3. The largest absolute Gasteiger partial charge is 0.309 e. The summed E-state index contributed by atoms with van der Waals surface area (Å²) in [6.45, 7) is 3.11. The molecule has 0 amide bonds. The lowest BCUT2D eigenvalue weighted by molar-refractivity contribution is 0.0972. The zero-order valence-corrected chi connectivity index (χ0v) is 18.5. The SMILES string of the molecule is CCCCCCCC1CCC(c2ccc(C(=O)CCN(C)C)cc2)CC1.Cl. The average Bonchev–Trinajstić information content (AvgIpc) is 2.66. The smallest absolute Gasteiger partial charge is 0.164 e. The van der Waals surface area contributed by atoms with Crippen molar-refractivity contribution in [2.45, 2.75) is 83.5 Å². The van der Waals surface area contributed by atoms with E-state index in [1.54, 1.807) is 0 Å². The highest BCUT2D eigenvalue weighted by atomic mass is 35.5. The van der Waals surface area contributed by atoms with Crippen molar-refractivity contribution in [3.63, 3.8) is 0 Å². The van der Waals surface area contributed by atoms with Crippen molar-refractivity contribution >= 4 is 18.2 Å². The van der Waals surface area contributed by atoms with Gasteiger partial charge in [-0.1, -0.05) is 69.7 Å². The topological polar surface area (TPSA) is 20.3 Å². The Bertz CT molecular complexity index is 518. The van der Waals surface area contributed by atoms with E-state index in [-0.39, 0.29) is 18.2 Å². The second-order valence-electron chi connectivity index (χ2n) is 8.52. The van der Waals surface area contributed by atoms with E-state index in [9.17, 15) is 4.79 Å². The molecule has 1 fully saturated rings. The van der Waals surface area contributed by atoms with E-state index in [1.807, 2.05) is 26.2 Å². The highest BCUT2D eigenvalue weighted by Crippen LogP contribution is 2.37. The van der Waals surface area contributed by atoms with Crippen LogP contribution in [-0.2, 0) is 0 Å². The number of nitrogens with zero attached hydrogens (tertiary/aromatic N) is 1. The first-order valence-electron chi connectivity index (χ1n) is 10.9. The van der Waals surface area contributed by atoms with Crippen molar-refractivity contribution in [3.05, 3.63) is 35.4 Å². The molecule has 0 unspecified atom stereocenters. The van der Waals surface area contributed by atoms with Crippen LogP contribution in [0.25, 0.3) is 0 Å². The van der Waals surface area contributed by atoms with Crippen LogP contribution in [0, 0.1) is 5.92 Å². The summed E-state index contributed by atoms with van der Waals surface area (Å²) in [4.78, 5) is 14.3. The first-order chi connectivity index (χ1) is 12.6. The Morgan fingerprint density at radius 1 is 0.963 bits per heavy atom. The Kier molecular flexibility index (Phi) is 11.9. The number of halogens is 1. The molecule has 1 aromatic carbocycles. The average molecular weight is 394 g/mol. The van der Waals surface area contributed by atoms with E-state index in [4.69, 9.17) is 0 Å². The molecule has 0 heterocycles. The molecule has 0 spiro atoms. The van der Waals surface area contributed by atoms with Gasteiger partial charge in [-0.05, 0) is 57.2 Å². The van der Waals surface area contributed by atoms with Gasteiger partial charge in [0.1, 0.15) is 0 Å². The maximum atomic E-state index is 12.2. The number of carbonyl (C=O) groups excluding carboxylic acids is 1. The van der Waals surface area contributed by atoms with Crippen molar-refractivity contribution in [3.8, 4) is 0 Å². The monoisotopic (exact) mass is 393 g/mol. The Morgan fingerprint density at radius 2 is 1.59 bits per heavy atom. The number of carbonyl (C=O) groups is 1. The normalized spacial score (nSPS) is 19.7. The molecule has 0 aliphatic heterocycles. The van der Waals surface area contributed by atoms with Gasteiger partial charge in [0.15, 0.2) is 5.78 Å². The van der Waals surface area contributed by atoms with Crippen LogP contribution in [0.4, 0.5) is 0 Å². The number of benzene rings is 1. The summed E-state index contributed by atoms with van der Waals surface area (Å²) >= 11 is 0. The van der Waals surface area contributed by atoms with Crippen molar-refractivity contribution < 1.29 is 4.79 Å². The molecule has 1 aliphatic carbocycles. The molecule has 2 rings (SSSR count). The minimum atomic E-state index is 0. The Labute approximate surface area is 173 Å². The Hall–Kier alpha value is -0.860. The lowest BCUT2D eigenvalue weighted by atomic mass is 9.77. The fourth-order valence-corrected chi connectivity index (χ4v) is 4.23. The van der Waals surface area contributed by atoms with Crippen LogP contribution >= 0.6 is 12.4 Å². The van der Waals surface area contributed by atoms with Crippen LogP contribution in [0.15, 0.2) is 24.3 Å². The van der Waals surface area contributed by atoms with Gasteiger partial charge in [0, 0.05) is 18.5 Å². The van der Waals surface area contributed by atoms with Crippen LogP contribution in [0.2, 0.25) is 0 Å². The Balaban J connectivity index is 0.00000364. The minimum absolute atomic E-state index is 0. The van der Waals surface area contributed by atoms with Gasteiger partial charge in [0.2, 0.25) is 0 Å². The molecule has 3 heteroatoms. The first-order valence-corrected chi connectivity index (χ1v) is 10.9. The second-order valence-corrected chi connectivity index (χ2v) is 8.52. The van der Waals surface area contributed by atoms with Crippen molar-refractivity contribution in [2.75, 3.05) is 20.6 Å². The standard InChI is InChI=1S/C24H39NO.ClH/c1-4-5-6-7-8-9-20-10-12-21(13-11-20)22-14-16-23(17-15-22)24(26)18-19-25(2)3;/h14-17,20-21H,4-13,18-19H2,1-3H3;1H. The van der Waals surface area contributed by atoms with E-state index in [0.717, 1.165) is 18.0 Å². The number of Topliss-reactive ketones (excluding diaryl/α,β-unsaturated/α-hetero) is 1. The zero-order chi connectivity index (χ0) is 18.8. The molecule has 27 heavy (non-hydrogen) atoms. The van der Waals surface area contributed by atoms with Gasteiger partial charge in [-0.25, -0.2) is 0 Å². The number of ketones is 1. The molecule has 0 saturated heterocycles. The number of hydrogen-bond donors (Lipinski definition) is 0. The van der Waals surface area contributed by atoms with Crippen molar-refractivity contribution in [1.29, 1.82) is 0 Å². The molecular weight excluding hydrogens is 354 g/mol. The maximum Gasteiger partial charge on any atom is 0.164 e. The van der Waals surface area contributed by atoms with Crippen molar-refractivity contribution in [2.24, 2.45) is 5.92 Å². The predicted octanol–water partition coefficient (Wildman–Crippen LogP) is 6.88. The third-order valence-electron chi connectivity index (χ3n) is 6.05. The molecule has 0 bridgehead atoms. The first kappa shape index (κ1) is 24.2. The summed E-state index contributed by atoms with van der Waals surface area (Å²) < 4.78 is 0. The summed E-state index contributed by atoms with van der Waals surface area (Å²) in [7, 11) is 4.02. The van der Waals surface area contributed by atoms with E-state index >= 15 is 0 Å². The molecule has 0 N–H and O–H groups in total. The summed E-state index contributed by atoms with van der Waals surface area (Å²) in [5.41, 5.74) is 2.31. The molecular formula is C24H40ClNO. The minimum Gasteiger partial charge on any atom is -0.309 e. The van der Waals surface area contributed by atoms with Crippen LogP contribution in [0.1, 0.15) is 99.4 Å². The molecule has 2 nitrogen and oxygen atoms in total. The van der Waals surface area contributed by atoms with E-state index in [1.165, 1.54) is 69.8 Å². The molecule has 1 saturated carbocycles. The third-order valence-corrected chi connectivity index (χ3v) is 6.05. The van der Waals surface area contributed by atoms with Gasteiger partial charge in [0.05, 0.1) is 0 Å². The van der Waals surface area contributed by atoms with Gasteiger partial charge in [0.25, 0.3) is 0 Å². The van der Waals surface area contributed by atoms with E-state index in [2.05, 4.69) is 24.0 Å². The lowest BCUT2D eigenvalue weighted by Crippen LogP contribution is -2.17. The van der Waals surface area contributed by atoms with E-state index < -0.39 is 0 Å². The lowest BCUT2D eigenvalue weighted by Gasteiger charge is -2.29. The van der Waals surface area contributed by atoms with Crippen LogP contribution < -0.4 is 0 Å². The summed E-state index contributed by atoms with van der Waals surface area (Å²) in [5, 5.41) is 0. The summed E-state index contributed by atoms with van der Waals surface area (Å²) in [5.74, 6) is 1.93. The molecule has 1 aromatic rings. The van der Waals surface area contributed by atoms with Crippen molar-refractivity contribution in [1.82, 2.24) is 4.90 Å². The third kappa shape index (κ3) is 8.79. The van der Waals surface area contributed by atoms with Crippen LogP contribution in [0.5, 0.6) is 0 Å². The number of rotatable bonds is 11. The maximum absolute atomic E-state index is 12.2. The predicted molar refractivity (Wildman–Crippen MR) is 119 cm³/mol. The van der Waals surface area contributed by atoms with Crippen LogP contribution in [-0.4, -0.2) is 31.3 Å². The molecule has 0 aromatic heterocycles. The van der Waals surface area contributed by atoms with Gasteiger partial charge in [-0.15, -0.1) is 12.4 Å². The molecule has 1 aliphatic rings. The van der Waals surface area contributed by atoms with Gasteiger partial charge in [-0.3, -0.25) is 4.79 Å². The quantitative estimate of drug-likeness (QED) is 0.301. The Morgan fingerprint density at radius 3 is 2.19 bits per heavy atom. The molecule has 0 radical (unpaired) electrons. The summed E-state index contributed by atoms with van der Waals surface area (Å²) in [6.07, 6.45) is 14.5. The van der Waals surface area contributed by atoms with Gasteiger partial charge >= 0.3 is 0 Å². The fourth-order valence-electron chi connectivity index (χ4n) is 4.23. The van der Waals surface area contributed by atoms with Crippen LogP contribution in [0.3, 0.4) is 0 Å². The fraction of sp³-hybridized carbons (Fsp3) is 0.708. The highest BCUT2D eigenvalue weighted by Gasteiger charge is 2.22. The molecule has 0 atom stereocenters. The van der Waals surface area contributed by atoms with E-state index in [0.29, 0.717) is 12.3 Å². The molecule has 154 valence electrons. The van der Waals surface area contributed by atoms with Gasteiger partial charge < -0.3 is 4.90 Å². The zero-order valence-electron chi connectivity index (χ0n) is 17.7. The summed E-state index contributed by atoms with van der Waals surface area (Å²) in [6, 6.07) is 8.51.